The molecule has 19 heavy (non-hydrogen) atoms. The number of aryl methyl sites for hydroxylation is 1. The van der Waals surface area contributed by atoms with Gasteiger partial charge in [0, 0.05) is 37.5 Å². The third-order valence-corrected chi connectivity index (χ3v) is 3.14. The van der Waals surface area contributed by atoms with Crippen molar-refractivity contribution in [3.63, 3.8) is 0 Å². The fourth-order valence-corrected chi connectivity index (χ4v) is 2.14. The van der Waals surface area contributed by atoms with E-state index in [0.29, 0.717) is 4.99 Å². The molecule has 1 aromatic heterocycles. The van der Waals surface area contributed by atoms with Crippen LogP contribution in [0.15, 0.2) is 36.7 Å². The van der Waals surface area contributed by atoms with Crippen molar-refractivity contribution >= 4 is 17.2 Å². The first-order chi connectivity index (χ1) is 9.04. The number of benzene rings is 1. The maximum Gasteiger partial charge on any atom is 0.103 e. The van der Waals surface area contributed by atoms with Crippen LogP contribution in [-0.4, -0.2) is 26.7 Å². The van der Waals surface area contributed by atoms with Gasteiger partial charge in [-0.05, 0) is 12.6 Å². The van der Waals surface area contributed by atoms with Crippen molar-refractivity contribution in [2.24, 2.45) is 12.8 Å². The summed E-state index contributed by atoms with van der Waals surface area (Å²) in [6, 6.07) is 8.06. The Morgan fingerprint density at radius 2 is 1.89 bits per heavy atom. The SMILES string of the molecule is CN(Cc1ccc(C(N)=S)cc1)Cc1cnn(C)c1. The molecule has 0 spiro atoms. The number of nitrogens with two attached hydrogens (primary N) is 1. The van der Waals surface area contributed by atoms with Gasteiger partial charge in [-0.15, -0.1) is 0 Å². The molecule has 1 heterocycles. The average Bonchev–Trinajstić information content (AvgIpc) is 2.75. The minimum Gasteiger partial charge on any atom is -0.389 e. The lowest BCUT2D eigenvalue weighted by Gasteiger charge is -2.15. The zero-order valence-corrected chi connectivity index (χ0v) is 12.0. The molecule has 0 aliphatic carbocycles. The maximum atomic E-state index is 5.58. The van der Waals surface area contributed by atoms with E-state index in [1.165, 1.54) is 11.1 Å². The largest absolute Gasteiger partial charge is 0.389 e. The molecular formula is C14H18N4S. The van der Waals surface area contributed by atoms with Crippen molar-refractivity contribution in [2.75, 3.05) is 7.05 Å². The van der Waals surface area contributed by atoms with Gasteiger partial charge >= 0.3 is 0 Å². The molecule has 0 amide bonds. The van der Waals surface area contributed by atoms with Crippen molar-refractivity contribution in [3.05, 3.63) is 53.3 Å². The Morgan fingerprint density at radius 3 is 2.42 bits per heavy atom. The lowest BCUT2D eigenvalue weighted by atomic mass is 10.1. The standard InChI is InChI=1S/C14H18N4S/c1-17(9-12-7-16-18(2)10-12)8-11-3-5-13(6-4-11)14(15)19/h3-7,10H,8-9H2,1-2H3,(H2,15,19). The van der Waals surface area contributed by atoms with Gasteiger partial charge in [-0.1, -0.05) is 36.5 Å². The molecular weight excluding hydrogens is 256 g/mol. The number of thiocarbonyl (C=S) groups is 1. The van der Waals surface area contributed by atoms with Crippen molar-refractivity contribution in [3.8, 4) is 0 Å². The Kier molecular flexibility index (Phi) is 4.29. The highest BCUT2D eigenvalue weighted by Gasteiger charge is 2.04. The van der Waals surface area contributed by atoms with Crippen LogP contribution in [0.1, 0.15) is 16.7 Å². The summed E-state index contributed by atoms with van der Waals surface area (Å²) in [5, 5.41) is 4.17. The quantitative estimate of drug-likeness (QED) is 0.843. The summed E-state index contributed by atoms with van der Waals surface area (Å²) in [5.41, 5.74) is 8.95. The van der Waals surface area contributed by atoms with Crippen LogP contribution in [0.3, 0.4) is 0 Å². The van der Waals surface area contributed by atoms with E-state index >= 15 is 0 Å². The summed E-state index contributed by atoms with van der Waals surface area (Å²) < 4.78 is 1.82. The van der Waals surface area contributed by atoms with Crippen LogP contribution in [-0.2, 0) is 20.1 Å². The molecule has 2 N–H and O–H groups in total. The lowest BCUT2D eigenvalue weighted by Crippen LogP contribution is -2.17. The second-order valence-corrected chi connectivity index (χ2v) is 5.20. The van der Waals surface area contributed by atoms with E-state index in [2.05, 4.69) is 29.2 Å². The van der Waals surface area contributed by atoms with Crippen molar-refractivity contribution < 1.29 is 0 Å². The second kappa shape index (κ2) is 5.95. The molecule has 4 nitrogen and oxygen atoms in total. The summed E-state index contributed by atoms with van der Waals surface area (Å²) in [4.78, 5) is 2.68. The first-order valence-electron chi connectivity index (χ1n) is 6.09. The summed E-state index contributed by atoms with van der Waals surface area (Å²) >= 11 is 4.94. The van der Waals surface area contributed by atoms with Crippen LogP contribution >= 0.6 is 12.2 Å². The average molecular weight is 274 g/mol. The molecule has 2 rings (SSSR count). The van der Waals surface area contributed by atoms with Crippen molar-refractivity contribution in [1.82, 2.24) is 14.7 Å². The highest BCUT2D eigenvalue weighted by Crippen LogP contribution is 2.09. The van der Waals surface area contributed by atoms with Crippen LogP contribution in [0, 0.1) is 0 Å². The molecule has 100 valence electrons. The van der Waals surface area contributed by atoms with Crippen molar-refractivity contribution in [2.45, 2.75) is 13.1 Å². The van der Waals surface area contributed by atoms with Gasteiger partial charge in [-0.2, -0.15) is 5.10 Å². The minimum atomic E-state index is 0.440. The fourth-order valence-electron chi connectivity index (χ4n) is 2.01. The smallest absolute Gasteiger partial charge is 0.103 e. The Balaban J connectivity index is 1.94. The summed E-state index contributed by atoms with van der Waals surface area (Å²) in [7, 11) is 4.02. The second-order valence-electron chi connectivity index (χ2n) is 4.76. The van der Waals surface area contributed by atoms with Gasteiger partial charge in [-0.25, -0.2) is 0 Å². The number of hydrogen-bond acceptors (Lipinski definition) is 3. The Labute approximate surface area is 118 Å². The molecule has 0 aliphatic rings. The predicted molar refractivity (Wildman–Crippen MR) is 80.7 cm³/mol. The highest BCUT2D eigenvalue weighted by molar-refractivity contribution is 7.80. The predicted octanol–water partition coefficient (Wildman–Crippen LogP) is 1.69. The molecule has 2 aromatic rings. The van der Waals surface area contributed by atoms with E-state index in [1.54, 1.807) is 0 Å². The Morgan fingerprint density at radius 1 is 1.26 bits per heavy atom. The van der Waals surface area contributed by atoms with Gasteiger partial charge in [-0.3, -0.25) is 9.58 Å². The van der Waals surface area contributed by atoms with E-state index in [4.69, 9.17) is 18.0 Å². The van der Waals surface area contributed by atoms with Gasteiger partial charge in [0.2, 0.25) is 0 Å². The van der Waals surface area contributed by atoms with Gasteiger partial charge < -0.3 is 5.73 Å². The first-order valence-corrected chi connectivity index (χ1v) is 6.50. The fraction of sp³-hybridized carbons (Fsp3) is 0.286. The lowest BCUT2D eigenvalue weighted by molar-refractivity contribution is 0.319. The summed E-state index contributed by atoms with van der Waals surface area (Å²) in [5.74, 6) is 0. The normalized spacial score (nSPS) is 10.9. The zero-order valence-electron chi connectivity index (χ0n) is 11.2. The number of rotatable bonds is 5. The Hall–Kier alpha value is -1.72. The highest BCUT2D eigenvalue weighted by atomic mass is 32.1. The number of aromatic nitrogens is 2. The van der Waals surface area contributed by atoms with Crippen molar-refractivity contribution in [1.29, 1.82) is 0 Å². The van der Waals surface area contributed by atoms with Gasteiger partial charge in [0.25, 0.3) is 0 Å². The minimum absolute atomic E-state index is 0.440. The van der Waals surface area contributed by atoms with Gasteiger partial charge in [0.15, 0.2) is 0 Å². The number of hydrogen-bond donors (Lipinski definition) is 1. The van der Waals surface area contributed by atoms with E-state index in [0.717, 1.165) is 18.7 Å². The molecule has 0 aliphatic heterocycles. The third-order valence-electron chi connectivity index (χ3n) is 2.90. The Bertz CT molecular complexity index is 559. The van der Waals surface area contributed by atoms with Crippen LogP contribution in [0.4, 0.5) is 0 Å². The molecule has 0 fully saturated rings. The molecule has 0 radical (unpaired) electrons. The summed E-state index contributed by atoms with van der Waals surface area (Å²) in [6.45, 7) is 1.76. The maximum absolute atomic E-state index is 5.58. The van der Waals surface area contributed by atoms with Gasteiger partial charge in [0.05, 0.1) is 6.20 Å². The molecule has 5 heteroatoms. The van der Waals surface area contributed by atoms with Crippen LogP contribution < -0.4 is 5.73 Å². The molecule has 0 atom stereocenters. The van der Waals surface area contributed by atoms with E-state index in [9.17, 15) is 0 Å². The van der Waals surface area contributed by atoms with E-state index < -0.39 is 0 Å². The monoisotopic (exact) mass is 274 g/mol. The molecule has 0 unspecified atom stereocenters. The summed E-state index contributed by atoms with van der Waals surface area (Å²) in [6.07, 6.45) is 3.93. The van der Waals surface area contributed by atoms with Crippen LogP contribution in [0.25, 0.3) is 0 Å². The molecule has 0 bridgehead atoms. The van der Waals surface area contributed by atoms with Gasteiger partial charge in [0.1, 0.15) is 4.99 Å². The van der Waals surface area contributed by atoms with Crippen LogP contribution in [0.2, 0.25) is 0 Å². The first kappa shape index (κ1) is 13.7. The zero-order chi connectivity index (χ0) is 13.8. The molecule has 1 aromatic carbocycles. The number of nitrogens with zero attached hydrogens (tertiary/aromatic N) is 3. The van der Waals surface area contributed by atoms with E-state index in [1.807, 2.05) is 36.3 Å². The molecule has 0 saturated heterocycles. The van der Waals surface area contributed by atoms with Crippen LogP contribution in [0.5, 0.6) is 0 Å². The topological polar surface area (TPSA) is 47.1 Å². The third kappa shape index (κ3) is 3.87. The van der Waals surface area contributed by atoms with E-state index in [-0.39, 0.29) is 0 Å². The molecule has 0 saturated carbocycles.